The topological polar surface area (TPSA) is 8.29 Å². The summed E-state index contributed by atoms with van der Waals surface area (Å²) in [5, 5.41) is 8.44. The van der Waals surface area contributed by atoms with Gasteiger partial charge in [-0.25, -0.2) is 4.57 Å². The lowest BCUT2D eigenvalue weighted by molar-refractivity contribution is -0.643. The van der Waals surface area contributed by atoms with Crippen LogP contribution in [0.2, 0.25) is 19.6 Å². The summed E-state index contributed by atoms with van der Waals surface area (Å²) < 4.78 is 4.92. The number of fused-ring (bicyclic) bond motifs is 5. The van der Waals surface area contributed by atoms with Gasteiger partial charge in [-0.05, 0) is 55.0 Å². The van der Waals surface area contributed by atoms with Crippen molar-refractivity contribution in [2.45, 2.75) is 40.4 Å². The summed E-state index contributed by atoms with van der Waals surface area (Å²) in [6, 6.07) is 16.1. The first-order valence-electron chi connectivity index (χ1n) is 11.2. The van der Waals surface area contributed by atoms with Crippen molar-refractivity contribution in [3.63, 3.8) is 0 Å². The van der Waals surface area contributed by atoms with Gasteiger partial charge in [0.15, 0.2) is 6.20 Å². The van der Waals surface area contributed by atoms with Gasteiger partial charge in [-0.1, -0.05) is 49.1 Å². The van der Waals surface area contributed by atoms with E-state index >= 15 is 0 Å². The van der Waals surface area contributed by atoms with Crippen LogP contribution in [0.4, 0.5) is 0 Å². The Kier molecular flexibility index (Phi) is 3.56. The van der Waals surface area contributed by atoms with E-state index in [1.165, 1.54) is 65.7 Å². The molecule has 3 heteroatoms. The molecule has 0 fully saturated rings. The molecule has 3 aromatic heterocycles. The first-order chi connectivity index (χ1) is 14.7. The van der Waals surface area contributed by atoms with Gasteiger partial charge in [0, 0.05) is 16.8 Å². The van der Waals surface area contributed by atoms with Crippen LogP contribution in [-0.2, 0) is 7.05 Å². The highest BCUT2D eigenvalue weighted by molar-refractivity contribution is 6.89. The third-order valence-electron chi connectivity index (χ3n) is 7.40. The molecule has 154 valence electrons. The molecule has 0 unspecified atom stereocenters. The molecule has 3 heterocycles. The van der Waals surface area contributed by atoms with E-state index in [9.17, 15) is 0 Å². The predicted octanol–water partition coefficient (Wildman–Crippen LogP) is 6.28. The number of aryl methyl sites for hydroxylation is 4. The normalized spacial score (nSPS) is 13.0. The van der Waals surface area contributed by atoms with Crippen LogP contribution in [0.25, 0.3) is 49.0 Å². The number of nitrogens with zero attached hydrogens (tertiary/aromatic N) is 2. The highest BCUT2D eigenvalue weighted by atomic mass is 28.3. The Morgan fingerprint density at radius 1 is 0.806 bits per heavy atom. The monoisotopic (exact) mass is 421 g/mol. The Labute approximate surface area is 184 Å². The maximum atomic E-state index is 2.58. The molecule has 6 rings (SSSR count). The zero-order chi connectivity index (χ0) is 21.8. The van der Waals surface area contributed by atoms with Crippen molar-refractivity contribution in [1.82, 2.24) is 4.40 Å². The second-order valence-electron chi connectivity index (χ2n) is 10.3. The van der Waals surface area contributed by atoms with Gasteiger partial charge in [0.05, 0.1) is 35.4 Å². The summed E-state index contributed by atoms with van der Waals surface area (Å²) in [5.41, 5.74) is 9.64. The van der Waals surface area contributed by atoms with Crippen molar-refractivity contribution in [1.29, 1.82) is 0 Å². The second kappa shape index (κ2) is 5.86. The molecule has 6 aromatic rings. The lowest BCUT2D eigenvalue weighted by Crippen LogP contribution is -2.40. The fraction of sp³-hybridized carbons (Fsp3) is 0.250. The van der Waals surface area contributed by atoms with E-state index in [1.54, 1.807) is 5.19 Å². The van der Waals surface area contributed by atoms with Crippen LogP contribution in [-0.4, -0.2) is 12.5 Å². The van der Waals surface area contributed by atoms with Crippen molar-refractivity contribution in [3.05, 3.63) is 65.4 Å². The molecule has 0 N–H and O–H groups in total. The first kappa shape index (κ1) is 18.8. The van der Waals surface area contributed by atoms with Gasteiger partial charge in [0.2, 0.25) is 5.52 Å². The van der Waals surface area contributed by atoms with Gasteiger partial charge < -0.3 is 4.40 Å². The molecule has 0 aliphatic heterocycles. The number of pyridine rings is 2. The molecule has 31 heavy (non-hydrogen) atoms. The third-order valence-corrected chi connectivity index (χ3v) is 9.53. The maximum Gasteiger partial charge on any atom is 0.224 e. The van der Waals surface area contributed by atoms with Crippen LogP contribution in [0, 0.1) is 20.8 Å². The Morgan fingerprint density at radius 3 is 2.29 bits per heavy atom. The molecular formula is C28H29N2Si+. The number of aromatic nitrogens is 2. The van der Waals surface area contributed by atoms with Crippen LogP contribution in [0.3, 0.4) is 0 Å². The van der Waals surface area contributed by atoms with E-state index in [4.69, 9.17) is 0 Å². The average molecular weight is 422 g/mol. The van der Waals surface area contributed by atoms with Gasteiger partial charge in [0.25, 0.3) is 0 Å². The summed E-state index contributed by atoms with van der Waals surface area (Å²) in [5.74, 6) is 0. The standard InChI is InChI=1S/C28H29N2Si/c1-16-14-21-20-10-8-9-11-22(20)30-26-18(3)23(31(5,6)7)15-19-12-13-29(4)28(25(19)26)24(17(16)2)27(21)30/h8-15H,1-7H3/q+1. The number of benzene rings is 3. The minimum absolute atomic E-state index is 1.32. The van der Waals surface area contributed by atoms with E-state index < -0.39 is 8.07 Å². The molecule has 0 bridgehead atoms. The molecule has 0 aliphatic carbocycles. The number of hydrogen-bond acceptors (Lipinski definition) is 0. The minimum Gasteiger partial charge on any atom is -0.307 e. The third kappa shape index (κ3) is 2.25. The molecule has 0 spiro atoms. The maximum absolute atomic E-state index is 2.58. The van der Waals surface area contributed by atoms with E-state index in [-0.39, 0.29) is 0 Å². The summed E-state index contributed by atoms with van der Waals surface area (Å²) >= 11 is 0. The minimum atomic E-state index is -1.51. The van der Waals surface area contributed by atoms with Crippen molar-refractivity contribution in [2.24, 2.45) is 7.05 Å². The molecule has 0 radical (unpaired) electrons. The molecule has 3 aromatic carbocycles. The number of para-hydroxylation sites is 1. The van der Waals surface area contributed by atoms with E-state index in [1.807, 2.05) is 0 Å². The van der Waals surface area contributed by atoms with Crippen molar-refractivity contribution in [2.75, 3.05) is 0 Å². The highest BCUT2D eigenvalue weighted by Crippen LogP contribution is 2.42. The van der Waals surface area contributed by atoms with Crippen LogP contribution in [0.1, 0.15) is 16.7 Å². The largest absolute Gasteiger partial charge is 0.307 e. The van der Waals surface area contributed by atoms with E-state index in [0.717, 1.165) is 0 Å². The molecular weight excluding hydrogens is 392 g/mol. The van der Waals surface area contributed by atoms with Crippen LogP contribution in [0.15, 0.2) is 48.7 Å². The van der Waals surface area contributed by atoms with Gasteiger partial charge in [-0.3, -0.25) is 0 Å². The lowest BCUT2D eigenvalue weighted by Gasteiger charge is -2.23. The van der Waals surface area contributed by atoms with Crippen LogP contribution < -0.4 is 9.75 Å². The lowest BCUT2D eigenvalue weighted by atomic mass is 9.95. The summed E-state index contributed by atoms with van der Waals surface area (Å²) in [6.45, 7) is 14.3. The fourth-order valence-corrected chi connectivity index (χ4v) is 7.68. The van der Waals surface area contributed by atoms with Gasteiger partial charge in [-0.2, -0.15) is 0 Å². The van der Waals surface area contributed by atoms with Crippen molar-refractivity contribution in [3.8, 4) is 0 Å². The molecule has 0 saturated heterocycles. The molecule has 0 amide bonds. The van der Waals surface area contributed by atoms with Crippen molar-refractivity contribution < 1.29 is 4.57 Å². The second-order valence-corrected chi connectivity index (χ2v) is 15.4. The summed E-state index contributed by atoms with van der Waals surface area (Å²) in [7, 11) is 0.689. The molecule has 0 atom stereocenters. The zero-order valence-corrected chi connectivity index (χ0v) is 20.5. The SMILES string of the molecule is Cc1cc2c3ccccc3n3c4c(C)c([Si](C)(C)C)cc5cc[n+](C)c(c(c1C)c23)c54. The van der Waals surface area contributed by atoms with Crippen LogP contribution >= 0.6 is 0 Å². The smallest absolute Gasteiger partial charge is 0.224 e. The average Bonchev–Trinajstić information content (AvgIpc) is 3.04. The first-order valence-corrected chi connectivity index (χ1v) is 14.7. The zero-order valence-electron chi connectivity index (χ0n) is 19.5. The van der Waals surface area contributed by atoms with E-state index in [0.29, 0.717) is 0 Å². The Morgan fingerprint density at radius 2 is 1.55 bits per heavy atom. The summed E-state index contributed by atoms with van der Waals surface area (Å²) in [4.78, 5) is 0. The van der Waals surface area contributed by atoms with Gasteiger partial charge >= 0.3 is 0 Å². The summed E-state index contributed by atoms with van der Waals surface area (Å²) in [6.07, 6.45) is 2.25. The fourth-order valence-electron chi connectivity index (χ4n) is 5.85. The molecule has 0 aliphatic rings. The molecule has 0 saturated carbocycles. The Balaban J connectivity index is 2.12. The highest BCUT2D eigenvalue weighted by Gasteiger charge is 2.28. The van der Waals surface area contributed by atoms with Gasteiger partial charge in [0.1, 0.15) is 7.05 Å². The van der Waals surface area contributed by atoms with Gasteiger partial charge in [-0.15, -0.1) is 0 Å². The predicted molar refractivity (Wildman–Crippen MR) is 137 cm³/mol. The number of rotatable bonds is 1. The molecule has 2 nitrogen and oxygen atoms in total. The van der Waals surface area contributed by atoms with Crippen LogP contribution in [0.5, 0.6) is 0 Å². The Hall–Kier alpha value is -2.91. The van der Waals surface area contributed by atoms with E-state index in [2.05, 4.69) is 105 Å². The Bertz CT molecular complexity index is 1700. The quantitative estimate of drug-likeness (QED) is 0.128. The number of hydrogen-bond donors (Lipinski definition) is 0. The van der Waals surface area contributed by atoms with Crippen molar-refractivity contribution >= 4 is 62.3 Å².